The van der Waals surface area contributed by atoms with E-state index in [-0.39, 0.29) is 0 Å². The van der Waals surface area contributed by atoms with Gasteiger partial charge in [-0.1, -0.05) is 11.6 Å². The summed E-state index contributed by atoms with van der Waals surface area (Å²) in [4.78, 5) is 3.46. The van der Waals surface area contributed by atoms with E-state index in [4.69, 9.17) is 16.3 Å². The first-order chi connectivity index (χ1) is 8.20. The van der Waals surface area contributed by atoms with Gasteiger partial charge in [0.15, 0.2) is 0 Å². The maximum absolute atomic E-state index is 6.30. The van der Waals surface area contributed by atoms with E-state index in [1.54, 1.807) is 7.11 Å². The smallest absolute Gasteiger partial charge is 0.143 e. The summed E-state index contributed by atoms with van der Waals surface area (Å²) in [5, 5.41) is 5.35. The second-order valence-corrected chi connectivity index (χ2v) is 4.98. The van der Waals surface area contributed by atoms with Gasteiger partial charge in [-0.3, -0.25) is 0 Å². The van der Waals surface area contributed by atoms with Gasteiger partial charge in [-0.05, 0) is 24.6 Å². The molecule has 1 aromatic carbocycles. The fraction of sp³-hybridized carbons (Fsp3) is 0.385. The number of halogens is 1. The van der Waals surface area contributed by atoms with Crippen molar-refractivity contribution in [1.29, 1.82) is 0 Å². The van der Waals surface area contributed by atoms with Crippen LogP contribution in [0.5, 0.6) is 5.75 Å². The third kappa shape index (κ3) is 1.61. The minimum atomic E-state index is 0.500. The number of benzene rings is 1. The average Bonchev–Trinajstić information content (AvgIpc) is 2.68. The van der Waals surface area contributed by atoms with Gasteiger partial charge < -0.3 is 15.0 Å². The molecule has 1 aliphatic heterocycles. The van der Waals surface area contributed by atoms with E-state index in [0.29, 0.717) is 6.04 Å². The lowest BCUT2D eigenvalue weighted by molar-refractivity contribution is 0.419. The van der Waals surface area contributed by atoms with Crippen LogP contribution in [0.3, 0.4) is 0 Å². The fourth-order valence-electron chi connectivity index (χ4n) is 2.55. The largest absolute Gasteiger partial charge is 0.495 e. The molecule has 1 aromatic heterocycles. The topological polar surface area (TPSA) is 37.0 Å². The van der Waals surface area contributed by atoms with Crippen LogP contribution in [-0.4, -0.2) is 18.1 Å². The van der Waals surface area contributed by atoms with Gasteiger partial charge in [-0.25, -0.2) is 0 Å². The number of hydrogen-bond donors (Lipinski definition) is 2. The minimum absolute atomic E-state index is 0.500. The summed E-state index contributed by atoms with van der Waals surface area (Å²) >= 11 is 6.30. The van der Waals surface area contributed by atoms with Crippen LogP contribution >= 0.6 is 11.6 Å². The first kappa shape index (κ1) is 10.9. The zero-order valence-corrected chi connectivity index (χ0v) is 10.7. The van der Waals surface area contributed by atoms with E-state index in [1.165, 1.54) is 11.3 Å². The molecule has 1 aliphatic rings. The van der Waals surface area contributed by atoms with Crippen molar-refractivity contribution in [1.82, 2.24) is 10.3 Å². The van der Waals surface area contributed by atoms with E-state index < -0.39 is 0 Å². The molecule has 3 rings (SSSR count). The predicted octanol–water partition coefficient (Wildman–Crippen LogP) is 2.86. The molecule has 1 atom stereocenters. The maximum atomic E-state index is 6.30. The lowest BCUT2D eigenvalue weighted by Crippen LogP contribution is -2.32. The number of H-pyrrole nitrogens is 1. The predicted molar refractivity (Wildman–Crippen MR) is 69.9 cm³/mol. The Morgan fingerprint density at radius 2 is 2.24 bits per heavy atom. The van der Waals surface area contributed by atoms with Crippen molar-refractivity contribution in [3.8, 4) is 5.75 Å². The van der Waals surface area contributed by atoms with Gasteiger partial charge in [0.1, 0.15) is 5.75 Å². The molecule has 0 aliphatic carbocycles. The van der Waals surface area contributed by atoms with Crippen LogP contribution in [0.2, 0.25) is 5.02 Å². The highest BCUT2D eigenvalue weighted by molar-refractivity contribution is 6.36. The number of aromatic nitrogens is 1. The Balaban J connectivity index is 2.30. The maximum Gasteiger partial charge on any atom is 0.143 e. The Labute approximate surface area is 105 Å². The lowest BCUT2D eigenvalue weighted by atomic mass is 10.0. The van der Waals surface area contributed by atoms with Gasteiger partial charge in [0.05, 0.1) is 17.6 Å². The van der Waals surface area contributed by atoms with Crippen LogP contribution in [0.4, 0.5) is 0 Å². The van der Waals surface area contributed by atoms with E-state index in [1.807, 2.05) is 12.1 Å². The van der Waals surface area contributed by atoms with Crippen LogP contribution in [-0.2, 0) is 13.0 Å². The average molecular weight is 251 g/mol. The molecule has 0 saturated carbocycles. The molecule has 3 nitrogen and oxygen atoms in total. The standard InChI is InChI=1S/C13H15ClN2O/c1-7-5-10-8(6-15-7)12-9(14)3-4-11(17-2)13(12)16-10/h3-4,7,15-16H,5-6H2,1-2H3. The Bertz CT molecular complexity index is 576. The second kappa shape index (κ2) is 3.93. The van der Waals surface area contributed by atoms with Gasteiger partial charge in [-0.2, -0.15) is 0 Å². The van der Waals surface area contributed by atoms with Crippen LogP contribution in [0.1, 0.15) is 18.2 Å². The summed E-state index contributed by atoms with van der Waals surface area (Å²) in [7, 11) is 1.68. The number of hydrogen-bond acceptors (Lipinski definition) is 2. The summed E-state index contributed by atoms with van der Waals surface area (Å²) in [6.45, 7) is 3.05. The normalized spacial score (nSPS) is 19.4. The Morgan fingerprint density at radius 3 is 3.00 bits per heavy atom. The molecule has 0 spiro atoms. The Morgan fingerprint density at radius 1 is 1.41 bits per heavy atom. The monoisotopic (exact) mass is 250 g/mol. The number of ether oxygens (including phenoxy) is 1. The zero-order chi connectivity index (χ0) is 12.0. The van der Waals surface area contributed by atoms with Crippen LogP contribution in [0.15, 0.2) is 12.1 Å². The zero-order valence-electron chi connectivity index (χ0n) is 9.93. The molecular formula is C13H15ClN2O. The van der Waals surface area contributed by atoms with Crippen LogP contribution in [0.25, 0.3) is 10.9 Å². The molecule has 0 bridgehead atoms. The molecule has 2 N–H and O–H groups in total. The molecule has 0 fully saturated rings. The van der Waals surface area contributed by atoms with Crippen molar-refractivity contribution in [2.75, 3.05) is 7.11 Å². The van der Waals surface area contributed by atoms with E-state index >= 15 is 0 Å². The molecule has 0 saturated heterocycles. The van der Waals surface area contributed by atoms with E-state index in [2.05, 4.69) is 17.2 Å². The van der Waals surface area contributed by atoms with Gasteiger partial charge in [0.25, 0.3) is 0 Å². The Hall–Kier alpha value is -1.19. The van der Waals surface area contributed by atoms with E-state index in [9.17, 15) is 0 Å². The third-order valence-electron chi connectivity index (χ3n) is 3.42. The highest BCUT2D eigenvalue weighted by atomic mass is 35.5. The van der Waals surface area contributed by atoms with Gasteiger partial charge in [0, 0.05) is 30.1 Å². The molecule has 4 heteroatoms. The summed E-state index contributed by atoms with van der Waals surface area (Å²) in [6, 6.07) is 4.30. The van der Waals surface area contributed by atoms with Crippen molar-refractivity contribution < 1.29 is 4.74 Å². The van der Waals surface area contributed by atoms with Crippen molar-refractivity contribution in [3.63, 3.8) is 0 Å². The SMILES string of the molecule is COc1ccc(Cl)c2c3c([nH]c12)CC(C)NC3. The van der Waals surface area contributed by atoms with E-state index in [0.717, 1.165) is 34.6 Å². The highest BCUT2D eigenvalue weighted by Gasteiger charge is 2.22. The van der Waals surface area contributed by atoms with Gasteiger partial charge in [-0.15, -0.1) is 0 Å². The molecule has 2 heterocycles. The first-order valence-electron chi connectivity index (χ1n) is 5.80. The number of rotatable bonds is 1. The molecule has 90 valence electrons. The summed E-state index contributed by atoms with van der Waals surface area (Å²) < 4.78 is 5.38. The van der Waals surface area contributed by atoms with Crippen molar-refractivity contribution in [2.45, 2.75) is 25.9 Å². The van der Waals surface area contributed by atoms with Crippen molar-refractivity contribution in [2.24, 2.45) is 0 Å². The molecule has 1 unspecified atom stereocenters. The highest BCUT2D eigenvalue weighted by Crippen LogP contribution is 2.36. The molecule has 17 heavy (non-hydrogen) atoms. The van der Waals surface area contributed by atoms with Crippen LogP contribution in [0, 0.1) is 0 Å². The number of nitrogens with one attached hydrogen (secondary N) is 2. The Kier molecular flexibility index (Phi) is 2.53. The number of aromatic amines is 1. The molecule has 2 aromatic rings. The van der Waals surface area contributed by atoms with Gasteiger partial charge >= 0.3 is 0 Å². The first-order valence-corrected chi connectivity index (χ1v) is 6.17. The van der Waals surface area contributed by atoms with Crippen LogP contribution < -0.4 is 10.1 Å². The summed E-state index contributed by atoms with van der Waals surface area (Å²) in [6.07, 6.45) is 1.00. The second-order valence-electron chi connectivity index (χ2n) is 4.57. The fourth-order valence-corrected chi connectivity index (χ4v) is 2.82. The summed E-state index contributed by atoms with van der Waals surface area (Å²) in [5.41, 5.74) is 3.57. The van der Waals surface area contributed by atoms with Crippen molar-refractivity contribution >= 4 is 22.5 Å². The minimum Gasteiger partial charge on any atom is -0.495 e. The molecule has 0 radical (unpaired) electrons. The molecular weight excluding hydrogens is 236 g/mol. The number of methoxy groups -OCH3 is 1. The lowest BCUT2D eigenvalue weighted by Gasteiger charge is -2.20. The molecule has 0 amide bonds. The quantitative estimate of drug-likeness (QED) is 0.817. The summed E-state index contributed by atoms with van der Waals surface area (Å²) in [5.74, 6) is 0.853. The third-order valence-corrected chi connectivity index (χ3v) is 3.73. The van der Waals surface area contributed by atoms with Crippen molar-refractivity contribution in [3.05, 3.63) is 28.4 Å². The van der Waals surface area contributed by atoms with Gasteiger partial charge in [0.2, 0.25) is 0 Å². The number of fused-ring (bicyclic) bond motifs is 3.